The van der Waals surface area contributed by atoms with Crippen LogP contribution in [0.1, 0.15) is 5.56 Å². The van der Waals surface area contributed by atoms with Crippen molar-refractivity contribution in [2.75, 3.05) is 12.4 Å². The van der Waals surface area contributed by atoms with E-state index in [1.165, 1.54) is 7.11 Å². The number of hydrogen-bond acceptors (Lipinski definition) is 4. The number of hydrogen-bond donors (Lipinski definition) is 2. The number of benzene rings is 1. The molecule has 0 aliphatic carbocycles. The first-order valence-electron chi connectivity index (χ1n) is 7.03. The van der Waals surface area contributed by atoms with E-state index in [4.69, 9.17) is 9.47 Å². The van der Waals surface area contributed by atoms with Crippen molar-refractivity contribution in [3.05, 3.63) is 35.9 Å². The molecule has 4 atom stereocenters. The van der Waals surface area contributed by atoms with Gasteiger partial charge in [-0.2, -0.15) is 0 Å². The van der Waals surface area contributed by atoms with Crippen molar-refractivity contribution >= 4 is 17.6 Å². The molecule has 2 bridgehead atoms. The van der Waals surface area contributed by atoms with E-state index in [2.05, 4.69) is 5.32 Å². The number of aryl methyl sites for hydroxylation is 1. The van der Waals surface area contributed by atoms with E-state index < -0.39 is 30.0 Å². The smallest absolute Gasteiger partial charge is 0.310 e. The van der Waals surface area contributed by atoms with Crippen LogP contribution in [-0.2, 0) is 14.3 Å². The minimum Gasteiger partial charge on any atom is -0.495 e. The van der Waals surface area contributed by atoms with Gasteiger partial charge in [0.25, 0.3) is 0 Å². The fourth-order valence-electron chi connectivity index (χ4n) is 3.05. The highest BCUT2D eigenvalue weighted by Gasteiger charge is 2.53. The minimum absolute atomic E-state index is 0.367. The predicted molar refractivity (Wildman–Crippen MR) is 78.8 cm³/mol. The highest BCUT2D eigenvalue weighted by atomic mass is 16.5. The van der Waals surface area contributed by atoms with Gasteiger partial charge in [0.05, 0.1) is 30.9 Å². The molecule has 3 rings (SSSR count). The number of amides is 1. The molecule has 2 aliphatic rings. The highest BCUT2D eigenvalue weighted by Crippen LogP contribution is 2.40. The van der Waals surface area contributed by atoms with Gasteiger partial charge >= 0.3 is 5.97 Å². The third-order valence-corrected chi connectivity index (χ3v) is 4.10. The minimum atomic E-state index is -1.02. The summed E-state index contributed by atoms with van der Waals surface area (Å²) in [6.45, 7) is 1.90. The van der Waals surface area contributed by atoms with Crippen LogP contribution in [0.3, 0.4) is 0 Å². The van der Waals surface area contributed by atoms with E-state index in [9.17, 15) is 14.7 Å². The zero-order valence-electron chi connectivity index (χ0n) is 12.3. The number of fused-ring (bicyclic) bond motifs is 2. The summed E-state index contributed by atoms with van der Waals surface area (Å²) in [6.07, 6.45) is 2.45. The van der Waals surface area contributed by atoms with Crippen LogP contribution in [-0.4, -0.2) is 36.3 Å². The Hall–Kier alpha value is -2.34. The first kappa shape index (κ1) is 14.6. The van der Waals surface area contributed by atoms with Crippen LogP contribution in [0.5, 0.6) is 5.75 Å². The third-order valence-electron chi connectivity index (χ3n) is 4.10. The average Bonchev–Trinajstić information content (AvgIpc) is 3.08. The summed E-state index contributed by atoms with van der Waals surface area (Å²) < 4.78 is 10.7. The van der Waals surface area contributed by atoms with Crippen molar-refractivity contribution in [2.45, 2.75) is 19.1 Å². The number of carbonyl (C=O) groups excluding carboxylic acids is 1. The number of rotatable bonds is 4. The Balaban J connectivity index is 1.84. The van der Waals surface area contributed by atoms with Crippen molar-refractivity contribution in [1.29, 1.82) is 0 Å². The van der Waals surface area contributed by atoms with E-state index in [1.807, 2.05) is 13.0 Å². The number of carboxylic acid groups (broad SMARTS) is 1. The molecular weight excluding hydrogens is 286 g/mol. The molecule has 0 spiro atoms. The highest BCUT2D eigenvalue weighted by molar-refractivity contribution is 5.97. The van der Waals surface area contributed by atoms with Gasteiger partial charge in [-0.1, -0.05) is 18.2 Å². The van der Waals surface area contributed by atoms with Crippen molar-refractivity contribution in [3.8, 4) is 5.75 Å². The summed E-state index contributed by atoms with van der Waals surface area (Å²) in [7, 11) is 1.52. The van der Waals surface area contributed by atoms with Gasteiger partial charge in [0, 0.05) is 0 Å². The monoisotopic (exact) mass is 303 g/mol. The molecule has 6 nitrogen and oxygen atoms in total. The molecule has 22 heavy (non-hydrogen) atoms. The lowest BCUT2D eigenvalue weighted by Crippen LogP contribution is -2.39. The molecule has 2 N–H and O–H groups in total. The zero-order valence-corrected chi connectivity index (χ0v) is 12.3. The topological polar surface area (TPSA) is 84.9 Å². The van der Waals surface area contributed by atoms with E-state index in [1.54, 1.807) is 24.3 Å². The van der Waals surface area contributed by atoms with Gasteiger partial charge in [-0.3, -0.25) is 9.59 Å². The maximum atomic E-state index is 12.6. The van der Waals surface area contributed by atoms with Crippen molar-refractivity contribution < 1.29 is 24.2 Å². The van der Waals surface area contributed by atoms with Gasteiger partial charge in [0.2, 0.25) is 5.91 Å². The molecule has 0 aromatic heterocycles. The lowest BCUT2D eigenvalue weighted by atomic mass is 9.82. The maximum absolute atomic E-state index is 12.6. The second-order valence-corrected chi connectivity index (χ2v) is 5.53. The third kappa shape index (κ3) is 2.35. The molecule has 1 aromatic rings. The standard InChI is InChI=1S/C16H17NO5/c1-8-3-4-10(21-2)9(7-8)17-15(18)13-11-5-6-12(22-11)14(13)16(19)20/h3-7,11-14H,1-2H3,(H,17,18)(H,19,20)/t11-,12+,13-,14+/m1/s1. The Labute approximate surface area is 127 Å². The Kier molecular flexibility index (Phi) is 3.62. The van der Waals surface area contributed by atoms with Crippen LogP contribution in [0.2, 0.25) is 0 Å². The van der Waals surface area contributed by atoms with Gasteiger partial charge in [-0.25, -0.2) is 0 Å². The first-order valence-corrected chi connectivity index (χ1v) is 7.03. The molecule has 1 aromatic carbocycles. The SMILES string of the molecule is COc1ccc(C)cc1NC(=O)[C@H]1[C@@H](C(=O)O)[C@@H]2C=C[C@H]1O2. The van der Waals surface area contributed by atoms with Crippen LogP contribution in [0.15, 0.2) is 30.4 Å². The summed E-state index contributed by atoms with van der Waals surface area (Å²) in [5.74, 6) is -2.45. The van der Waals surface area contributed by atoms with Crippen LogP contribution in [0.25, 0.3) is 0 Å². The first-order chi connectivity index (χ1) is 10.5. The Morgan fingerprint density at radius 3 is 2.55 bits per heavy atom. The molecule has 2 aliphatic heterocycles. The molecule has 1 saturated heterocycles. The zero-order chi connectivity index (χ0) is 15.9. The van der Waals surface area contributed by atoms with Gasteiger partial charge in [0.1, 0.15) is 11.7 Å². The predicted octanol–water partition coefficient (Wildman–Crippen LogP) is 1.60. The summed E-state index contributed by atoms with van der Waals surface area (Å²) in [5.41, 5.74) is 1.50. The molecular formula is C16H17NO5. The van der Waals surface area contributed by atoms with E-state index in [0.717, 1.165) is 5.56 Å². The number of aliphatic carboxylic acids is 1. The van der Waals surface area contributed by atoms with Gasteiger partial charge < -0.3 is 19.9 Å². The van der Waals surface area contributed by atoms with Crippen LogP contribution >= 0.6 is 0 Å². The van der Waals surface area contributed by atoms with Gasteiger partial charge in [-0.05, 0) is 24.6 Å². The molecule has 0 unspecified atom stereocenters. The Morgan fingerprint density at radius 1 is 1.23 bits per heavy atom. The summed E-state index contributed by atoms with van der Waals surface area (Å²) >= 11 is 0. The number of carboxylic acids is 1. The fourth-order valence-corrected chi connectivity index (χ4v) is 3.05. The lowest BCUT2D eigenvalue weighted by Gasteiger charge is -2.21. The van der Waals surface area contributed by atoms with Gasteiger partial charge in [0.15, 0.2) is 0 Å². The van der Waals surface area contributed by atoms with E-state index in [0.29, 0.717) is 11.4 Å². The largest absolute Gasteiger partial charge is 0.495 e. The van der Waals surface area contributed by atoms with Crippen molar-refractivity contribution in [2.24, 2.45) is 11.8 Å². The number of nitrogens with one attached hydrogen (secondary N) is 1. The summed E-state index contributed by atoms with van der Waals surface area (Å²) in [4.78, 5) is 24.0. The van der Waals surface area contributed by atoms with Crippen molar-refractivity contribution in [1.82, 2.24) is 0 Å². The number of ether oxygens (including phenoxy) is 2. The molecule has 1 amide bonds. The summed E-state index contributed by atoms with van der Waals surface area (Å²) in [6, 6.07) is 5.42. The van der Waals surface area contributed by atoms with Crippen LogP contribution < -0.4 is 10.1 Å². The molecule has 6 heteroatoms. The number of anilines is 1. The van der Waals surface area contributed by atoms with Gasteiger partial charge in [-0.15, -0.1) is 0 Å². The quantitative estimate of drug-likeness (QED) is 0.825. The van der Waals surface area contributed by atoms with E-state index in [-0.39, 0.29) is 5.91 Å². The number of methoxy groups -OCH3 is 1. The molecule has 0 radical (unpaired) electrons. The summed E-state index contributed by atoms with van der Waals surface area (Å²) in [5, 5.41) is 12.1. The van der Waals surface area contributed by atoms with E-state index >= 15 is 0 Å². The van der Waals surface area contributed by atoms with Crippen LogP contribution in [0.4, 0.5) is 5.69 Å². The maximum Gasteiger partial charge on any atom is 0.310 e. The second-order valence-electron chi connectivity index (χ2n) is 5.53. The molecule has 2 heterocycles. The Bertz CT molecular complexity index is 654. The lowest BCUT2D eigenvalue weighted by molar-refractivity contribution is -0.145. The average molecular weight is 303 g/mol. The molecule has 116 valence electrons. The second kappa shape index (κ2) is 5.46. The fraction of sp³-hybridized carbons (Fsp3) is 0.375. The molecule has 1 fully saturated rings. The Morgan fingerprint density at radius 2 is 1.91 bits per heavy atom. The normalized spacial score (nSPS) is 28.6. The van der Waals surface area contributed by atoms with Crippen molar-refractivity contribution in [3.63, 3.8) is 0 Å². The number of carbonyl (C=O) groups is 2. The molecule has 0 saturated carbocycles. The van der Waals surface area contributed by atoms with Crippen LogP contribution in [0, 0.1) is 18.8 Å².